The van der Waals surface area contributed by atoms with Gasteiger partial charge in [0.1, 0.15) is 11.8 Å². The van der Waals surface area contributed by atoms with Gasteiger partial charge in [0, 0.05) is 35.2 Å². The first kappa shape index (κ1) is 21.5. The Kier molecular flexibility index (Phi) is 8.37. The van der Waals surface area contributed by atoms with Crippen LogP contribution in [0.1, 0.15) is 37.7 Å². The molecule has 8 heteroatoms. The Hall–Kier alpha value is -1.80. The minimum absolute atomic E-state index is 0.111. The maximum atomic E-state index is 12.1. The number of thiol groups is 2. The Morgan fingerprint density at radius 2 is 2.00 bits per heavy atom. The number of H-pyrrole nitrogens is 1. The number of hydrogen-bond acceptors (Lipinski definition) is 5. The van der Waals surface area contributed by atoms with Gasteiger partial charge in [0.2, 0.25) is 5.91 Å². The van der Waals surface area contributed by atoms with Gasteiger partial charge >= 0.3 is 5.97 Å². The molecule has 1 heterocycles. The molecule has 2 atom stereocenters. The number of rotatable bonds is 11. The van der Waals surface area contributed by atoms with E-state index in [4.69, 9.17) is 0 Å². The van der Waals surface area contributed by atoms with Crippen LogP contribution in [0.15, 0.2) is 24.4 Å². The number of aromatic nitrogens is 1. The van der Waals surface area contributed by atoms with E-state index in [9.17, 15) is 19.8 Å². The first-order valence-electron chi connectivity index (χ1n) is 9.00. The van der Waals surface area contributed by atoms with E-state index in [-0.39, 0.29) is 23.3 Å². The zero-order chi connectivity index (χ0) is 19.8. The van der Waals surface area contributed by atoms with Crippen molar-refractivity contribution < 1.29 is 19.8 Å². The number of aromatic amines is 1. The molecule has 0 aliphatic rings. The summed E-state index contributed by atoms with van der Waals surface area (Å²) >= 11 is 8.63. The second-order valence-corrected chi connectivity index (χ2v) is 7.80. The molecule has 0 saturated carbocycles. The Labute approximate surface area is 169 Å². The molecule has 2 aromatic rings. The molecule has 148 valence electrons. The zero-order valence-electron chi connectivity index (χ0n) is 15.0. The Morgan fingerprint density at radius 3 is 2.70 bits per heavy atom. The van der Waals surface area contributed by atoms with E-state index >= 15 is 0 Å². The second-order valence-electron chi connectivity index (χ2n) is 6.62. The molecule has 27 heavy (non-hydrogen) atoms. The van der Waals surface area contributed by atoms with E-state index in [1.807, 2.05) is 0 Å². The fourth-order valence-corrected chi connectivity index (χ4v) is 3.81. The van der Waals surface area contributed by atoms with Crippen molar-refractivity contribution >= 4 is 48.0 Å². The Bertz CT molecular complexity index is 778. The molecule has 0 bridgehead atoms. The van der Waals surface area contributed by atoms with Crippen molar-refractivity contribution in [1.29, 1.82) is 0 Å². The molecular formula is C19H26N2O4S2. The maximum Gasteiger partial charge on any atom is 0.326 e. The highest BCUT2D eigenvalue weighted by atomic mass is 32.1. The van der Waals surface area contributed by atoms with Gasteiger partial charge in [-0.2, -0.15) is 25.3 Å². The summed E-state index contributed by atoms with van der Waals surface area (Å²) in [6.45, 7) is 0. The van der Waals surface area contributed by atoms with Gasteiger partial charge in [0.15, 0.2) is 0 Å². The van der Waals surface area contributed by atoms with Crippen molar-refractivity contribution in [3.8, 4) is 5.75 Å². The van der Waals surface area contributed by atoms with E-state index in [1.54, 1.807) is 24.4 Å². The fourth-order valence-electron chi connectivity index (χ4n) is 2.98. The van der Waals surface area contributed by atoms with Crippen LogP contribution in [0.4, 0.5) is 0 Å². The molecule has 0 aliphatic carbocycles. The fraction of sp³-hybridized carbons (Fsp3) is 0.474. The number of phenolic OH excluding ortho intramolecular Hbond substituents is 1. The Balaban J connectivity index is 1.88. The summed E-state index contributed by atoms with van der Waals surface area (Å²) in [5.74, 6) is -0.447. The minimum atomic E-state index is -1.08. The average molecular weight is 411 g/mol. The topological polar surface area (TPSA) is 102 Å². The number of aromatic hydroxyl groups is 1. The van der Waals surface area contributed by atoms with E-state index in [2.05, 4.69) is 35.6 Å². The van der Waals surface area contributed by atoms with Gasteiger partial charge in [-0.15, -0.1) is 0 Å². The minimum Gasteiger partial charge on any atom is -0.508 e. The monoisotopic (exact) mass is 410 g/mol. The molecule has 0 radical (unpaired) electrons. The number of aliphatic carboxylic acids is 1. The summed E-state index contributed by atoms with van der Waals surface area (Å²) < 4.78 is 0. The summed E-state index contributed by atoms with van der Waals surface area (Å²) in [7, 11) is 0. The van der Waals surface area contributed by atoms with Gasteiger partial charge in [-0.1, -0.05) is 6.42 Å². The largest absolute Gasteiger partial charge is 0.508 e. The van der Waals surface area contributed by atoms with Gasteiger partial charge in [0.25, 0.3) is 0 Å². The molecule has 2 rings (SSSR count). The number of carbonyl (C=O) groups excluding carboxylic acids is 1. The number of carboxylic acid groups (broad SMARTS) is 1. The number of carbonyl (C=O) groups is 2. The number of hydrogen-bond donors (Lipinski definition) is 6. The molecule has 0 aliphatic heterocycles. The van der Waals surface area contributed by atoms with Crippen molar-refractivity contribution in [2.75, 3.05) is 5.75 Å². The van der Waals surface area contributed by atoms with Crippen LogP contribution in [-0.2, 0) is 16.0 Å². The standard InChI is InChI=1S/C19H26N2O4S2/c22-13-5-6-16-15(10-13)12(11-20-16)9-17(19(24)25)21-18(23)4-2-1-3-14(27)7-8-26/h5-6,10-11,14,17,20,22,26-27H,1-4,7-9H2,(H,21,23)(H,24,25). The SMILES string of the molecule is O=C(CCCCC(S)CCS)NC(Cc1c[nH]c2ccc(O)cc12)C(=O)O. The predicted molar refractivity (Wildman–Crippen MR) is 113 cm³/mol. The molecule has 6 nitrogen and oxygen atoms in total. The highest BCUT2D eigenvalue weighted by molar-refractivity contribution is 7.81. The van der Waals surface area contributed by atoms with E-state index < -0.39 is 12.0 Å². The van der Waals surface area contributed by atoms with E-state index in [0.717, 1.165) is 41.5 Å². The normalized spacial score (nSPS) is 13.4. The van der Waals surface area contributed by atoms with Crippen LogP contribution >= 0.6 is 25.3 Å². The van der Waals surface area contributed by atoms with Crippen molar-refractivity contribution in [3.63, 3.8) is 0 Å². The highest BCUT2D eigenvalue weighted by Gasteiger charge is 2.22. The molecule has 1 aromatic carbocycles. The zero-order valence-corrected chi connectivity index (χ0v) is 16.8. The van der Waals surface area contributed by atoms with Gasteiger partial charge in [-0.05, 0) is 48.8 Å². The van der Waals surface area contributed by atoms with E-state index in [0.29, 0.717) is 12.8 Å². The molecule has 2 unspecified atom stereocenters. The van der Waals surface area contributed by atoms with Gasteiger partial charge in [-0.3, -0.25) is 4.79 Å². The van der Waals surface area contributed by atoms with Crippen LogP contribution < -0.4 is 5.32 Å². The smallest absolute Gasteiger partial charge is 0.326 e. The van der Waals surface area contributed by atoms with Crippen molar-refractivity contribution in [3.05, 3.63) is 30.0 Å². The summed E-state index contributed by atoms with van der Waals surface area (Å²) in [4.78, 5) is 26.7. The maximum absolute atomic E-state index is 12.1. The second kappa shape index (κ2) is 10.5. The number of amides is 1. The summed E-state index contributed by atoms with van der Waals surface area (Å²) in [6, 6.07) is 3.86. The van der Waals surface area contributed by atoms with Gasteiger partial charge in [0.05, 0.1) is 0 Å². The van der Waals surface area contributed by atoms with Crippen LogP contribution in [-0.4, -0.2) is 44.1 Å². The first-order valence-corrected chi connectivity index (χ1v) is 10.2. The number of nitrogens with one attached hydrogen (secondary N) is 2. The van der Waals surface area contributed by atoms with Crippen LogP contribution in [0.2, 0.25) is 0 Å². The van der Waals surface area contributed by atoms with Crippen molar-refractivity contribution in [2.45, 2.75) is 49.8 Å². The predicted octanol–water partition coefficient (Wildman–Crippen LogP) is 3.16. The number of phenols is 1. The molecule has 4 N–H and O–H groups in total. The molecule has 0 fully saturated rings. The van der Waals surface area contributed by atoms with Crippen LogP contribution in [0.3, 0.4) is 0 Å². The average Bonchev–Trinajstić information content (AvgIpc) is 3.00. The first-order chi connectivity index (χ1) is 12.9. The van der Waals surface area contributed by atoms with Crippen LogP contribution in [0.5, 0.6) is 5.75 Å². The van der Waals surface area contributed by atoms with Gasteiger partial charge in [-0.25, -0.2) is 4.79 Å². The van der Waals surface area contributed by atoms with Crippen LogP contribution in [0, 0.1) is 0 Å². The lowest BCUT2D eigenvalue weighted by Crippen LogP contribution is -2.42. The number of benzene rings is 1. The van der Waals surface area contributed by atoms with Crippen molar-refractivity contribution in [1.82, 2.24) is 10.3 Å². The molecular weight excluding hydrogens is 384 g/mol. The highest BCUT2D eigenvalue weighted by Crippen LogP contribution is 2.24. The summed E-state index contributed by atoms with van der Waals surface area (Å²) in [5, 5.41) is 22.7. The number of unbranched alkanes of at least 4 members (excludes halogenated alkanes) is 1. The quantitative estimate of drug-likeness (QED) is 0.253. The summed E-state index contributed by atoms with van der Waals surface area (Å²) in [5.41, 5.74) is 1.54. The number of carboxylic acids is 1. The Morgan fingerprint density at radius 1 is 1.22 bits per heavy atom. The lowest BCUT2D eigenvalue weighted by molar-refractivity contribution is -0.141. The third kappa shape index (κ3) is 6.70. The van der Waals surface area contributed by atoms with Crippen LogP contribution in [0.25, 0.3) is 10.9 Å². The molecule has 1 aromatic heterocycles. The third-order valence-electron chi connectivity index (χ3n) is 4.46. The molecule has 0 spiro atoms. The van der Waals surface area contributed by atoms with E-state index in [1.165, 1.54) is 0 Å². The van der Waals surface area contributed by atoms with Crippen molar-refractivity contribution in [2.24, 2.45) is 0 Å². The lowest BCUT2D eigenvalue weighted by Gasteiger charge is -2.14. The third-order valence-corrected chi connectivity index (χ3v) is 5.24. The number of fused-ring (bicyclic) bond motifs is 1. The summed E-state index contributed by atoms with van der Waals surface area (Å²) in [6.07, 6.45) is 5.56. The van der Waals surface area contributed by atoms with Gasteiger partial charge < -0.3 is 20.5 Å². The molecule has 0 saturated heterocycles. The lowest BCUT2D eigenvalue weighted by atomic mass is 10.0. The molecule has 1 amide bonds.